The fourth-order valence-electron chi connectivity index (χ4n) is 2.97. The molecule has 132 valence electrons. The number of hydrogen-bond acceptors (Lipinski definition) is 3. The lowest BCUT2D eigenvalue weighted by Crippen LogP contribution is -2.37. The molecule has 5 nitrogen and oxygen atoms in total. The average molecular weight is 353 g/mol. The molecule has 2 aromatic rings. The van der Waals surface area contributed by atoms with Crippen molar-refractivity contribution in [1.29, 1.82) is 0 Å². The fraction of sp³-hybridized carbons (Fsp3) is 0.500. The number of carbonyl (C=O) groups excluding carboxylic acids is 1. The van der Waals surface area contributed by atoms with Gasteiger partial charge in [0.05, 0.1) is 13.2 Å². The van der Waals surface area contributed by atoms with E-state index in [2.05, 4.69) is 4.57 Å². The van der Waals surface area contributed by atoms with Crippen LogP contribution in [0.4, 0.5) is 0 Å². The quantitative estimate of drug-likeness (QED) is 0.731. The first-order valence-corrected chi connectivity index (χ1v) is 8.48. The predicted molar refractivity (Wildman–Crippen MR) is 97.0 cm³/mol. The smallest absolute Gasteiger partial charge is 0.270 e. The Hall–Kier alpha value is -1.56. The van der Waals surface area contributed by atoms with E-state index in [-0.39, 0.29) is 5.91 Å². The Balaban J connectivity index is 2.47. The van der Waals surface area contributed by atoms with Crippen molar-refractivity contribution in [2.45, 2.75) is 20.4 Å². The summed E-state index contributed by atoms with van der Waals surface area (Å²) in [6.07, 6.45) is 0. The fourth-order valence-corrected chi connectivity index (χ4v) is 3.14. The number of ether oxygens (including phenoxy) is 2. The van der Waals surface area contributed by atoms with Gasteiger partial charge >= 0.3 is 0 Å². The molecule has 1 heterocycles. The van der Waals surface area contributed by atoms with Gasteiger partial charge in [-0.3, -0.25) is 4.79 Å². The zero-order chi connectivity index (χ0) is 17.7. The summed E-state index contributed by atoms with van der Waals surface area (Å²) in [5.74, 6) is -0.00391. The number of aryl methyl sites for hydroxylation is 2. The first kappa shape index (κ1) is 18.8. The van der Waals surface area contributed by atoms with Crippen LogP contribution in [0, 0.1) is 6.92 Å². The average Bonchev–Trinajstić information content (AvgIpc) is 2.86. The van der Waals surface area contributed by atoms with Crippen LogP contribution < -0.4 is 0 Å². The predicted octanol–water partition coefficient (Wildman–Crippen LogP) is 3.36. The van der Waals surface area contributed by atoms with E-state index >= 15 is 0 Å². The number of aromatic nitrogens is 1. The van der Waals surface area contributed by atoms with Gasteiger partial charge in [-0.2, -0.15) is 0 Å². The Kier molecular flexibility index (Phi) is 6.66. The molecule has 0 saturated heterocycles. The zero-order valence-corrected chi connectivity index (χ0v) is 15.5. The van der Waals surface area contributed by atoms with Crippen LogP contribution in [0.25, 0.3) is 10.9 Å². The number of methoxy groups -OCH3 is 2. The van der Waals surface area contributed by atoms with Gasteiger partial charge in [0, 0.05) is 49.8 Å². The summed E-state index contributed by atoms with van der Waals surface area (Å²) in [5.41, 5.74) is 2.70. The Morgan fingerprint density at radius 2 is 1.83 bits per heavy atom. The number of fused-ring (bicyclic) bond motifs is 1. The van der Waals surface area contributed by atoms with Crippen LogP contribution in [0.1, 0.15) is 23.0 Å². The Labute approximate surface area is 148 Å². The highest BCUT2D eigenvalue weighted by Gasteiger charge is 2.24. The van der Waals surface area contributed by atoms with E-state index in [0.29, 0.717) is 37.0 Å². The van der Waals surface area contributed by atoms with E-state index < -0.39 is 0 Å². The molecule has 6 heteroatoms. The zero-order valence-electron chi connectivity index (χ0n) is 14.8. The summed E-state index contributed by atoms with van der Waals surface area (Å²) < 4.78 is 12.3. The number of nitrogens with zero attached hydrogens (tertiary/aromatic N) is 2. The van der Waals surface area contributed by atoms with Crippen LogP contribution in [0.2, 0.25) is 5.02 Å². The maximum Gasteiger partial charge on any atom is 0.270 e. The van der Waals surface area contributed by atoms with E-state index in [1.807, 2.05) is 32.0 Å². The van der Waals surface area contributed by atoms with Gasteiger partial charge in [0.2, 0.25) is 0 Å². The molecule has 0 N–H and O–H groups in total. The molecule has 0 radical (unpaired) electrons. The van der Waals surface area contributed by atoms with E-state index in [4.69, 9.17) is 21.1 Å². The maximum absolute atomic E-state index is 13.2. The highest BCUT2D eigenvalue weighted by Crippen LogP contribution is 2.29. The van der Waals surface area contributed by atoms with Crippen molar-refractivity contribution in [2.24, 2.45) is 0 Å². The standard InChI is InChI=1S/C18H25ClN2O3/c1-5-21-16-7-6-14(19)12-15(16)13(2)17(21)18(22)20(8-10-23-3)9-11-24-4/h6-7,12H,5,8-11H2,1-4H3. The van der Waals surface area contributed by atoms with Crippen molar-refractivity contribution >= 4 is 28.4 Å². The molecule has 0 aliphatic heterocycles. The van der Waals surface area contributed by atoms with Gasteiger partial charge < -0.3 is 18.9 Å². The van der Waals surface area contributed by atoms with Gasteiger partial charge in [0.15, 0.2) is 0 Å². The first-order chi connectivity index (χ1) is 11.5. The molecule has 0 spiro atoms. The number of carbonyl (C=O) groups is 1. The van der Waals surface area contributed by atoms with E-state index in [1.54, 1.807) is 19.1 Å². The number of amides is 1. The molecule has 0 bridgehead atoms. The second-order valence-corrected chi connectivity index (χ2v) is 6.09. The topological polar surface area (TPSA) is 43.7 Å². The third kappa shape index (κ3) is 3.74. The summed E-state index contributed by atoms with van der Waals surface area (Å²) in [6.45, 7) is 6.78. The first-order valence-electron chi connectivity index (χ1n) is 8.10. The van der Waals surface area contributed by atoms with Gasteiger partial charge in [0.25, 0.3) is 5.91 Å². The second-order valence-electron chi connectivity index (χ2n) is 5.66. The van der Waals surface area contributed by atoms with E-state index in [0.717, 1.165) is 23.0 Å². The summed E-state index contributed by atoms with van der Waals surface area (Å²) in [5, 5.41) is 1.69. The van der Waals surface area contributed by atoms with Crippen LogP contribution >= 0.6 is 11.6 Å². The minimum absolute atomic E-state index is 0.00391. The number of rotatable bonds is 8. The minimum atomic E-state index is -0.00391. The number of hydrogen-bond donors (Lipinski definition) is 0. The normalized spacial score (nSPS) is 11.2. The maximum atomic E-state index is 13.2. The summed E-state index contributed by atoms with van der Waals surface area (Å²) in [6, 6.07) is 5.75. The largest absolute Gasteiger partial charge is 0.383 e. The molecule has 0 atom stereocenters. The Morgan fingerprint density at radius 1 is 1.21 bits per heavy atom. The molecule has 0 unspecified atom stereocenters. The van der Waals surface area contributed by atoms with Crippen molar-refractivity contribution in [3.05, 3.63) is 34.5 Å². The molecule has 0 aliphatic rings. The van der Waals surface area contributed by atoms with Gasteiger partial charge in [0.1, 0.15) is 5.69 Å². The molecular formula is C18H25ClN2O3. The number of benzene rings is 1. The van der Waals surface area contributed by atoms with Crippen molar-refractivity contribution in [3.63, 3.8) is 0 Å². The summed E-state index contributed by atoms with van der Waals surface area (Å²) in [4.78, 5) is 15.0. The minimum Gasteiger partial charge on any atom is -0.383 e. The van der Waals surface area contributed by atoms with Crippen LogP contribution in [0.5, 0.6) is 0 Å². The molecule has 1 aromatic carbocycles. The molecule has 1 aromatic heterocycles. The third-order valence-corrected chi connectivity index (χ3v) is 4.45. The van der Waals surface area contributed by atoms with Gasteiger partial charge in [-0.15, -0.1) is 0 Å². The van der Waals surface area contributed by atoms with Crippen molar-refractivity contribution in [1.82, 2.24) is 9.47 Å². The lowest BCUT2D eigenvalue weighted by Gasteiger charge is -2.23. The van der Waals surface area contributed by atoms with Crippen LogP contribution in [0.3, 0.4) is 0 Å². The Morgan fingerprint density at radius 3 is 2.38 bits per heavy atom. The molecule has 1 amide bonds. The van der Waals surface area contributed by atoms with Crippen molar-refractivity contribution in [2.75, 3.05) is 40.5 Å². The van der Waals surface area contributed by atoms with Crippen LogP contribution in [0.15, 0.2) is 18.2 Å². The summed E-state index contributed by atoms with van der Waals surface area (Å²) in [7, 11) is 3.27. The molecular weight excluding hydrogens is 328 g/mol. The summed E-state index contributed by atoms with van der Waals surface area (Å²) >= 11 is 6.14. The van der Waals surface area contributed by atoms with Crippen LogP contribution in [-0.2, 0) is 16.0 Å². The van der Waals surface area contributed by atoms with Gasteiger partial charge in [-0.05, 0) is 37.6 Å². The van der Waals surface area contributed by atoms with E-state index in [1.165, 1.54) is 0 Å². The van der Waals surface area contributed by atoms with Gasteiger partial charge in [-0.25, -0.2) is 0 Å². The SMILES string of the molecule is CCn1c(C(=O)N(CCOC)CCOC)c(C)c2cc(Cl)ccc21. The third-order valence-electron chi connectivity index (χ3n) is 4.22. The monoisotopic (exact) mass is 352 g/mol. The van der Waals surface area contributed by atoms with Crippen molar-refractivity contribution in [3.8, 4) is 0 Å². The second kappa shape index (κ2) is 8.51. The van der Waals surface area contributed by atoms with E-state index in [9.17, 15) is 4.79 Å². The van der Waals surface area contributed by atoms with Crippen LogP contribution in [-0.4, -0.2) is 55.9 Å². The molecule has 24 heavy (non-hydrogen) atoms. The highest BCUT2D eigenvalue weighted by atomic mass is 35.5. The molecule has 2 rings (SSSR count). The van der Waals surface area contributed by atoms with Gasteiger partial charge in [-0.1, -0.05) is 11.6 Å². The number of halogens is 1. The molecule has 0 fully saturated rings. The molecule has 0 aliphatic carbocycles. The lowest BCUT2D eigenvalue weighted by molar-refractivity contribution is 0.0617. The van der Waals surface area contributed by atoms with Crippen molar-refractivity contribution < 1.29 is 14.3 Å². The molecule has 0 saturated carbocycles. The lowest BCUT2D eigenvalue weighted by atomic mass is 10.1. The highest BCUT2D eigenvalue weighted by molar-refractivity contribution is 6.31. The Bertz CT molecular complexity index is 704.